The molecule has 1 fully saturated rings. The van der Waals surface area contributed by atoms with E-state index in [4.69, 9.17) is 4.74 Å². The van der Waals surface area contributed by atoms with Crippen LogP contribution in [0.25, 0.3) is 10.9 Å². The van der Waals surface area contributed by atoms with Gasteiger partial charge in [0.15, 0.2) is 5.69 Å². The third-order valence-corrected chi connectivity index (χ3v) is 4.36. The van der Waals surface area contributed by atoms with Crippen molar-refractivity contribution in [2.24, 2.45) is 0 Å². The highest BCUT2D eigenvalue weighted by Gasteiger charge is 2.38. The SMILES string of the molecule is COc1ccc2nc(C(F)(F)F)c(C#N)c(N3CCN(C)CC3)c2c1. The molecule has 1 aromatic heterocycles. The molecule has 5 nitrogen and oxygen atoms in total. The molecule has 0 N–H and O–H groups in total. The fourth-order valence-corrected chi connectivity index (χ4v) is 3.02. The Morgan fingerprint density at radius 2 is 1.88 bits per heavy atom. The number of methoxy groups -OCH3 is 1. The van der Waals surface area contributed by atoms with E-state index in [0.29, 0.717) is 37.3 Å². The fourth-order valence-electron chi connectivity index (χ4n) is 3.02. The van der Waals surface area contributed by atoms with Gasteiger partial charge in [0, 0.05) is 31.6 Å². The molecule has 1 aliphatic heterocycles. The molecule has 0 amide bonds. The van der Waals surface area contributed by atoms with Crippen LogP contribution < -0.4 is 9.64 Å². The number of rotatable bonds is 2. The summed E-state index contributed by atoms with van der Waals surface area (Å²) in [6.45, 7) is 2.50. The van der Waals surface area contributed by atoms with Gasteiger partial charge < -0.3 is 14.5 Å². The Morgan fingerprint density at radius 3 is 2.44 bits per heavy atom. The zero-order valence-corrected chi connectivity index (χ0v) is 13.9. The third-order valence-electron chi connectivity index (χ3n) is 4.36. The summed E-state index contributed by atoms with van der Waals surface area (Å²) in [5.41, 5.74) is -1.09. The molecule has 1 aromatic carbocycles. The van der Waals surface area contributed by atoms with Gasteiger partial charge in [0.05, 0.1) is 18.3 Å². The second-order valence-electron chi connectivity index (χ2n) is 5.97. The number of halogens is 3. The average molecular weight is 350 g/mol. The number of likely N-dealkylation sites (N-methyl/N-ethyl adjacent to an activating group) is 1. The normalized spacial score (nSPS) is 16.1. The van der Waals surface area contributed by atoms with E-state index in [1.54, 1.807) is 18.2 Å². The number of aromatic nitrogens is 1. The average Bonchev–Trinajstić information content (AvgIpc) is 2.59. The molecule has 2 heterocycles. The van der Waals surface area contributed by atoms with Gasteiger partial charge in [-0.15, -0.1) is 0 Å². The van der Waals surface area contributed by atoms with Crippen LogP contribution in [-0.4, -0.2) is 50.2 Å². The quantitative estimate of drug-likeness (QED) is 0.834. The van der Waals surface area contributed by atoms with Crippen molar-refractivity contribution in [3.63, 3.8) is 0 Å². The zero-order chi connectivity index (χ0) is 18.2. The van der Waals surface area contributed by atoms with Crippen LogP contribution in [0.5, 0.6) is 5.75 Å². The van der Waals surface area contributed by atoms with Gasteiger partial charge in [-0.05, 0) is 25.2 Å². The van der Waals surface area contributed by atoms with Gasteiger partial charge in [0.2, 0.25) is 0 Å². The standard InChI is InChI=1S/C17H17F3N4O/c1-23-5-7-24(8-6-23)15-12-9-11(25-2)3-4-14(12)22-16(13(15)10-21)17(18,19)20/h3-4,9H,5-8H2,1-2H3. The molecule has 132 valence electrons. The minimum absolute atomic E-state index is 0.195. The summed E-state index contributed by atoms with van der Waals surface area (Å²) in [7, 11) is 3.44. The maximum atomic E-state index is 13.5. The Bertz CT molecular complexity index is 836. The number of piperazine rings is 1. The van der Waals surface area contributed by atoms with Crippen molar-refractivity contribution in [3.05, 3.63) is 29.5 Å². The number of nitrogens with zero attached hydrogens (tertiary/aromatic N) is 4. The van der Waals surface area contributed by atoms with Crippen molar-refractivity contribution < 1.29 is 17.9 Å². The number of hydrogen-bond donors (Lipinski definition) is 0. The Balaban J connectivity index is 2.30. The molecular formula is C17H17F3N4O. The first-order chi connectivity index (χ1) is 11.8. The maximum absolute atomic E-state index is 13.5. The van der Waals surface area contributed by atoms with Crippen molar-refractivity contribution >= 4 is 16.6 Å². The Labute approximate surface area is 143 Å². The number of alkyl halides is 3. The lowest BCUT2D eigenvalue weighted by Crippen LogP contribution is -2.45. The largest absolute Gasteiger partial charge is 0.497 e. The van der Waals surface area contributed by atoms with E-state index in [1.165, 1.54) is 13.2 Å². The van der Waals surface area contributed by atoms with Crippen LogP contribution in [0.15, 0.2) is 18.2 Å². The highest BCUT2D eigenvalue weighted by atomic mass is 19.4. The second kappa shape index (κ2) is 6.41. The molecule has 0 bridgehead atoms. The van der Waals surface area contributed by atoms with Crippen LogP contribution in [0, 0.1) is 11.3 Å². The first-order valence-electron chi connectivity index (χ1n) is 7.77. The van der Waals surface area contributed by atoms with Crippen LogP contribution >= 0.6 is 0 Å². The molecule has 1 aliphatic rings. The van der Waals surface area contributed by atoms with Crippen molar-refractivity contribution in [1.82, 2.24) is 9.88 Å². The predicted molar refractivity (Wildman–Crippen MR) is 87.7 cm³/mol. The molecule has 0 aliphatic carbocycles. The van der Waals surface area contributed by atoms with E-state index in [2.05, 4.69) is 9.88 Å². The molecule has 0 spiro atoms. The topological polar surface area (TPSA) is 52.4 Å². The van der Waals surface area contributed by atoms with E-state index in [1.807, 2.05) is 11.9 Å². The first kappa shape index (κ1) is 17.3. The highest BCUT2D eigenvalue weighted by molar-refractivity contribution is 5.96. The van der Waals surface area contributed by atoms with Gasteiger partial charge in [-0.25, -0.2) is 4.98 Å². The van der Waals surface area contributed by atoms with Gasteiger partial charge in [-0.3, -0.25) is 0 Å². The van der Waals surface area contributed by atoms with Gasteiger partial charge in [0.1, 0.15) is 17.4 Å². The zero-order valence-electron chi connectivity index (χ0n) is 13.9. The van der Waals surface area contributed by atoms with Crippen LogP contribution in [0.3, 0.4) is 0 Å². The van der Waals surface area contributed by atoms with E-state index in [9.17, 15) is 18.4 Å². The summed E-state index contributed by atoms with van der Waals surface area (Å²) in [5.74, 6) is 0.508. The van der Waals surface area contributed by atoms with Crippen molar-refractivity contribution in [1.29, 1.82) is 5.26 Å². The maximum Gasteiger partial charge on any atom is 0.434 e. The number of fused-ring (bicyclic) bond motifs is 1. The molecule has 0 unspecified atom stereocenters. The van der Waals surface area contributed by atoms with Crippen molar-refractivity contribution in [2.75, 3.05) is 45.2 Å². The smallest absolute Gasteiger partial charge is 0.434 e. The van der Waals surface area contributed by atoms with Crippen LogP contribution in [0.1, 0.15) is 11.3 Å². The number of anilines is 1. The molecule has 8 heteroatoms. The summed E-state index contributed by atoms with van der Waals surface area (Å²) < 4.78 is 45.6. The summed E-state index contributed by atoms with van der Waals surface area (Å²) >= 11 is 0. The summed E-state index contributed by atoms with van der Waals surface area (Å²) in [4.78, 5) is 7.65. The summed E-state index contributed by atoms with van der Waals surface area (Å²) in [6.07, 6.45) is -4.69. The molecule has 0 atom stereocenters. The van der Waals surface area contributed by atoms with Crippen molar-refractivity contribution in [3.8, 4) is 11.8 Å². The van der Waals surface area contributed by atoms with Gasteiger partial charge in [0.25, 0.3) is 0 Å². The van der Waals surface area contributed by atoms with E-state index in [0.717, 1.165) is 0 Å². The van der Waals surface area contributed by atoms with Gasteiger partial charge in [-0.2, -0.15) is 18.4 Å². The Kier molecular flexibility index (Phi) is 4.43. The summed E-state index contributed by atoms with van der Waals surface area (Å²) in [6, 6.07) is 6.42. The lowest BCUT2D eigenvalue weighted by Gasteiger charge is -2.35. The molecule has 3 rings (SSSR count). The molecule has 1 saturated heterocycles. The lowest BCUT2D eigenvalue weighted by atomic mass is 10.0. The van der Waals surface area contributed by atoms with Gasteiger partial charge in [-0.1, -0.05) is 0 Å². The highest BCUT2D eigenvalue weighted by Crippen LogP contribution is 2.40. The van der Waals surface area contributed by atoms with Crippen molar-refractivity contribution in [2.45, 2.75) is 6.18 Å². The van der Waals surface area contributed by atoms with E-state index >= 15 is 0 Å². The predicted octanol–water partition coefficient (Wildman–Crippen LogP) is 2.89. The van der Waals surface area contributed by atoms with Gasteiger partial charge >= 0.3 is 6.18 Å². The molecular weight excluding hydrogens is 333 g/mol. The third kappa shape index (κ3) is 3.20. The monoisotopic (exact) mass is 350 g/mol. The minimum atomic E-state index is -4.69. The Hall–Kier alpha value is -2.53. The number of ether oxygens (including phenoxy) is 1. The Morgan fingerprint density at radius 1 is 1.20 bits per heavy atom. The number of hydrogen-bond acceptors (Lipinski definition) is 5. The van der Waals surface area contributed by atoms with Crippen LogP contribution in [0.4, 0.5) is 18.9 Å². The van der Waals surface area contributed by atoms with E-state index in [-0.39, 0.29) is 11.2 Å². The number of benzene rings is 1. The van der Waals surface area contributed by atoms with Crippen LogP contribution in [-0.2, 0) is 6.18 Å². The number of nitriles is 1. The summed E-state index contributed by atoms with van der Waals surface area (Å²) in [5, 5.41) is 9.97. The minimum Gasteiger partial charge on any atom is -0.497 e. The lowest BCUT2D eigenvalue weighted by molar-refractivity contribution is -0.141. The molecule has 0 saturated carbocycles. The number of pyridine rings is 1. The molecule has 0 radical (unpaired) electrons. The fraction of sp³-hybridized carbons (Fsp3) is 0.412. The molecule has 2 aromatic rings. The second-order valence-corrected chi connectivity index (χ2v) is 5.97. The van der Waals surface area contributed by atoms with Crippen LogP contribution in [0.2, 0.25) is 0 Å². The molecule has 25 heavy (non-hydrogen) atoms. The van der Waals surface area contributed by atoms with E-state index < -0.39 is 17.4 Å². The first-order valence-corrected chi connectivity index (χ1v) is 7.77.